The number of hydrogen-bond donors (Lipinski definition) is 1. The summed E-state index contributed by atoms with van der Waals surface area (Å²) >= 11 is 0. The highest BCUT2D eigenvalue weighted by atomic mass is 15.2. The number of hydrogen-bond acceptors (Lipinski definition) is 3. The highest BCUT2D eigenvalue weighted by molar-refractivity contribution is 4.79. The van der Waals surface area contributed by atoms with Gasteiger partial charge in [-0.15, -0.1) is 0 Å². The Labute approximate surface area is 126 Å². The summed E-state index contributed by atoms with van der Waals surface area (Å²) < 4.78 is 0. The fourth-order valence-corrected chi connectivity index (χ4v) is 3.64. The third kappa shape index (κ3) is 5.34. The van der Waals surface area contributed by atoms with E-state index in [1.165, 1.54) is 71.4 Å². The van der Waals surface area contributed by atoms with Crippen molar-refractivity contribution in [2.45, 2.75) is 65.0 Å². The van der Waals surface area contributed by atoms with E-state index in [2.05, 4.69) is 35.9 Å². The lowest BCUT2D eigenvalue weighted by Crippen LogP contribution is -2.46. The molecule has 0 saturated carbocycles. The van der Waals surface area contributed by atoms with Gasteiger partial charge in [-0.3, -0.25) is 0 Å². The van der Waals surface area contributed by atoms with Crippen molar-refractivity contribution >= 4 is 0 Å². The zero-order valence-corrected chi connectivity index (χ0v) is 13.9. The Bertz CT molecular complexity index is 253. The monoisotopic (exact) mass is 281 g/mol. The van der Waals surface area contributed by atoms with Crippen LogP contribution in [0.25, 0.3) is 0 Å². The standard InChI is InChI=1S/C17H35N3/c1-15(2)20-11-7-17(8-12-20)18-13-16(3)14-19-9-5-4-6-10-19/h15-18H,4-14H2,1-3H3. The van der Waals surface area contributed by atoms with Crippen LogP contribution in [0, 0.1) is 5.92 Å². The summed E-state index contributed by atoms with van der Waals surface area (Å²) in [7, 11) is 0. The molecule has 0 aromatic rings. The average molecular weight is 281 g/mol. The lowest BCUT2D eigenvalue weighted by Gasteiger charge is -2.36. The summed E-state index contributed by atoms with van der Waals surface area (Å²) in [5.41, 5.74) is 0. The van der Waals surface area contributed by atoms with Gasteiger partial charge in [0, 0.05) is 18.6 Å². The number of piperidine rings is 2. The van der Waals surface area contributed by atoms with E-state index in [1.54, 1.807) is 0 Å². The Morgan fingerprint density at radius 3 is 2.20 bits per heavy atom. The van der Waals surface area contributed by atoms with Gasteiger partial charge in [0.25, 0.3) is 0 Å². The molecule has 2 heterocycles. The van der Waals surface area contributed by atoms with Crippen molar-refractivity contribution in [1.82, 2.24) is 15.1 Å². The zero-order chi connectivity index (χ0) is 14.4. The molecule has 2 fully saturated rings. The van der Waals surface area contributed by atoms with Crippen LogP contribution in [0.3, 0.4) is 0 Å². The molecule has 2 rings (SSSR count). The van der Waals surface area contributed by atoms with Gasteiger partial charge in [0.05, 0.1) is 0 Å². The Morgan fingerprint density at radius 1 is 0.950 bits per heavy atom. The second kappa shape index (κ2) is 8.35. The normalized spacial score (nSPS) is 25.2. The molecule has 0 radical (unpaired) electrons. The van der Waals surface area contributed by atoms with Gasteiger partial charge in [-0.2, -0.15) is 0 Å². The van der Waals surface area contributed by atoms with Crippen LogP contribution in [0.2, 0.25) is 0 Å². The van der Waals surface area contributed by atoms with Crippen LogP contribution < -0.4 is 5.32 Å². The molecular formula is C17H35N3. The molecule has 0 bridgehead atoms. The molecule has 2 aliphatic heterocycles. The van der Waals surface area contributed by atoms with E-state index in [0.29, 0.717) is 6.04 Å². The Balaban J connectivity index is 1.58. The molecule has 1 N–H and O–H groups in total. The maximum atomic E-state index is 3.82. The molecule has 2 saturated heterocycles. The largest absolute Gasteiger partial charge is 0.314 e. The Hall–Kier alpha value is -0.120. The summed E-state index contributed by atoms with van der Waals surface area (Å²) in [5.74, 6) is 0.788. The van der Waals surface area contributed by atoms with E-state index in [9.17, 15) is 0 Å². The quantitative estimate of drug-likeness (QED) is 0.807. The third-order valence-corrected chi connectivity index (χ3v) is 5.03. The van der Waals surface area contributed by atoms with E-state index in [0.717, 1.165) is 12.0 Å². The van der Waals surface area contributed by atoms with Gasteiger partial charge in [-0.05, 0) is 78.2 Å². The Morgan fingerprint density at radius 2 is 1.60 bits per heavy atom. The van der Waals surface area contributed by atoms with Gasteiger partial charge in [-0.1, -0.05) is 13.3 Å². The lowest BCUT2D eigenvalue weighted by molar-refractivity contribution is 0.155. The van der Waals surface area contributed by atoms with E-state index in [-0.39, 0.29) is 0 Å². The minimum Gasteiger partial charge on any atom is -0.314 e. The summed E-state index contributed by atoms with van der Waals surface area (Å²) in [6.07, 6.45) is 6.92. The molecule has 2 aliphatic rings. The summed E-state index contributed by atoms with van der Waals surface area (Å²) in [6, 6.07) is 1.47. The summed E-state index contributed by atoms with van der Waals surface area (Å²) in [6.45, 7) is 14.7. The van der Waals surface area contributed by atoms with Crippen molar-refractivity contribution < 1.29 is 0 Å². The van der Waals surface area contributed by atoms with Crippen molar-refractivity contribution in [2.24, 2.45) is 5.92 Å². The predicted octanol–water partition coefficient (Wildman–Crippen LogP) is 2.57. The second-order valence-corrected chi connectivity index (χ2v) is 7.28. The van der Waals surface area contributed by atoms with E-state index >= 15 is 0 Å². The maximum absolute atomic E-state index is 3.82. The van der Waals surface area contributed by atoms with Crippen molar-refractivity contribution in [3.8, 4) is 0 Å². The smallest absolute Gasteiger partial charge is 0.00915 e. The first-order valence-corrected chi connectivity index (χ1v) is 8.85. The molecule has 0 amide bonds. The Kier molecular flexibility index (Phi) is 6.79. The number of rotatable bonds is 6. The molecule has 1 atom stereocenters. The highest BCUT2D eigenvalue weighted by Crippen LogP contribution is 2.14. The number of likely N-dealkylation sites (tertiary alicyclic amines) is 2. The van der Waals surface area contributed by atoms with Crippen molar-refractivity contribution in [1.29, 1.82) is 0 Å². The number of nitrogens with zero attached hydrogens (tertiary/aromatic N) is 2. The van der Waals surface area contributed by atoms with Gasteiger partial charge in [0.2, 0.25) is 0 Å². The molecule has 0 aromatic heterocycles. The minimum atomic E-state index is 0.717. The van der Waals surface area contributed by atoms with E-state index < -0.39 is 0 Å². The fraction of sp³-hybridized carbons (Fsp3) is 1.00. The predicted molar refractivity (Wildman–Crippen MR) is 87.2 cm³/mol. The van der Waals surface area contributed by atoms with Crippen LogP contribution in [0.5, 0.6) is 0 Å². The van der Waals surface area contributed by atoms with Crippen LogP contribution in [0.15, 0.2) is 0 Å². The van der Waals surface area contributed by atoms with Crippen LogP contribution in [-0.2, 0) is 0 Å². The topological polar surface area (TPSA) is 18.5 Å². The van der Waals surface area contributed by atoms with E-state index in [1.807, 2.05) is 0 Å². The first kappa shape index (κ1) is 16.3. The molecular weight excluding hydrogens is 246 g/mol. The van der Waals surface area contributed by atoms with Crippen molar-refractivity contribution in [2.75, 3.05) is 39.3 Å². The molecule has 0 spiro atoms. The maximum Gasteiger partial charge on any atom is 0.00915 e. The van der Waals surface area contributed by atoms with Crippen LogP contribution >= 0.6 is 0 Å². The summed E-state index contributed by atoms with van der Waals surface area (Å²) in [5, 5.41) is 3.82. The molecule has 3 heteroatoms. The summed E-state index contributed by atoms with van der Waals surface area (Å²) in [4.78, 5) is 5.27. The van der Waals surface area contributed by atoms with E-state index in [4.69, 9.17) is 0 Å². The minimum absolute atomic E-state index is 0.717. The molecule has 0 aliphatic carbocycles. The molecule has 0 aromatic carbocycles. The molecule has 20 heavy (non-hydrogen) atoms. The lowest BCUT2D eigenvalue weighted by atomic mass is 10.0. The fourth-order valence-electron chi connectivity index (χ4n) is 3.64. The van der Waals surface area contributed by atoms with Crippen LogP contribution in [0.1, 0.15) is 52.9 Å². The van der Waals surface area contributed by atoms with Gasteiger partial charge < -0.3 is 15.1 Å². The SMILES string of the molecule is CC(CNC1CCN(C(C)C)CC1)CN1CCCCC1. The first-order chi connectivity index (χ1) is 9.65. The third-order valence-electron chi connectivity index (χ3n) is 5.03. The molecule has 3 nitrogen and oxygen atoms in total. The van der Waals surface area contributed by atoms with Gasteiger partial charge >= 0.3 is 0 Å². The van der Waals surface area contributed by atoms with Gasteiger partial charge in [0.1, 0.15) is 0 Å². The molecule has 118 valence electrons. The van der Waals surface area contributed by atoms with Gasteiger partial charge in [0.15, 0.2) is 0 Å². The average Bonchev–Trinajstić information content (AvgIpc) is 2.46. The van der Waals surface area contributed by atoms with Crippen molar-refractivity contribution in [3.05, 3.63) is 0 Å². The zero-order valence-electron chi connectivity index (χ0n) is 13.9. The first-order valence-electron chi connectivity index (χ1n) is 8.85. The molecule has 1 unspecified atom stereocenters. The van der Waals surface area contributed by atoms with Crippen molar-refractivity contribution in [3.63, 3.8) is 0 Å². The highest BCUT2D eigenvalue weighted by Gasteiger charge is 2.21. The van der Waals surface area contributed by atoms with Gasteiger partial charge in [-0.25, -0.2) is 0 Å². The number of nitrogens with one attached hydrogen (secondary N) is 1. The second-order valence-electron chi connectivity index (χ2n) is 7.28. The van der Waals surface area contributed by atoms with Crippen LogP contribution in [0.4, 0.5) is 0 Å². The van der Waals surface area contributed by atoms with Crippen LogP contribution in [-0.4, -0.2) is 61.2 Å².